The van der Waals surface area contributed by atoms with Gasteiger partial charge >= 0.3 is 0 Å². The van der Waals surface area contributed by atoms with Gasteiger partial charge in [0.15, 0.2) is 0 Å². The Morgan fingerprint density at radius 1 is 0.438 bits per heavy atom. The Hall–Kier alpha value is -4.60. The standard InChI is InChI=1S/C40H34N2O4S2/c1-27-11-19-34(20-12-27)47(43,44)41-23-30-8-4-6-10-37(30)39-32(24-41)17-18-33-26-42(48(45,46)35-21-13-28(2)14-22-35)25-31-16-15-29-7-3-5-9-36(29)38(31)40(33)39/h3-22H,23-26H2,1-2H3. The van der Waals surface area contributed by atoms with Crippen LogP contribution in [0, 0.1) is 13.8 Å². The second-order valence-corrected chi connectivity index (χ2v) is 16.7. The van der Waals surface area contributed by atoms with Crippen molar-refractivity contribution < 1.29 is 16.8 Å². The van der Waals surface area contributed by atoms with Crippen molar-refractivity contribution in [2.45, 2.75) is 49.8 Å². The van der Waals surface area contributed by atoms with E-state index >= 15 is 0 Å². The van der Waals surface area contributed by atoms with E-state index in [1.54, 1.807) is 32.9 Å². The molecule has 0 saturated carbocycles. The third kappa shape index (κ3) is 5.07. The number of hydrogen-bond acceptors (Lipinski definition) is 4. The van der Waals surface area contributed by atoms with Crippen LogP contribution < -0.4 is 0 Å². The van der Waals surface area contributed by atoms with Crippen molar-refractivity contribution in [1.29, 1.82) is 0 Å². The Morgan fingerprint density at radius 3 is 1.50 bits per heavy atom. The first-order valence-corrected chi connectivity index (χ1v) is 18.9. The first-order chi connectivity index (χ1) is 23.1. The summed E-state index contributed by atoms with van der Waals surface area (Å²) in [4.78, 5) is 0.521. The zero-order valence-corrected chi connectivity index (χ0v) is 28.4. The molecule has 0 atom stereocenters. The molecule has 2 aliphatic rings. The van der Waals surface area contributed by atoms with Crippen molar-refractivity contribution in [3.8, 4) is 22.3 Å². The molecule has 0 bridgehead atoms. The van der Waals surface area contributed by atoms with E-state index in [1.807, 2.05) is 86.6 Å². The third-order valence-electron chi connectivity index (χ3n) is 9.63. The van der Waals surface area contributed by atoms with Crippen LogP contribution in [0.25, 0.3) is 33.0 Å². The van der Waals surface area contributed by atoms with E-state index in [2.05, 4.69) is 24.3 Å². The lowest BCUT2D eigenvalue weighted by molar-refractivity contribution is 0.402. The second kappa shape index (κ2) is 11.5. The number of fused-ring (bicyclic) bond motifs is 9. The molecule has 6 aromatic rings. The number of nitrogens with zero attached hydrogens (tertiary/aromatic N) is 2. The molecule has 2 aliphatic heterocycles. The monoisotopic (exact) mass is 670 g/mol. The van der Waals surface area contributed by atoms with Crippen molar-refractivity contribution in [2.24, 2.45) is 0 Å². The minimum absolute atomic E-state index is 0.176. The first kappa shape index (κ1) is 30.7. The highest BCUT2D eigenvalue weighted by molar-refractivity contribution is 7.89. The summed E-state index contributed by atoms with van der Waals surface area (Å²) in [5.41, 5.74) is 9.41. The number of benzene rings is 6. The van der Waals surface area contributed by atoms with Gasteiger partial charge < -0.3 is 0 Å². The van der Waals surface area contributed by atoms with Gasteiger partial charge in [0.2, 0.25) is 20.0 Å². The van der Waals surface area contributed by atoms with Crippen molar-refractivity contribution in [2.75, 3.05) is 0 Å². The van der Waals surface area contributed by atoms with Gasteiger partial charge in [0, 0.05) is 26.2 Å². The molecule has 0 spiro atoms. The Kier molecular flexibility index (Phi) is 7.38. The van der Waals surface area contributed by atoms with Gasteiger partial charge in [0.05, 0.1) is 9.79 Å². The van der Waals surface area contributed by atoms with Gasteiger partial charge in [-0.05, 0) is 93.4 Å². The van der Waals surface area contributed by atoms with E-state index in [0.717, 1.165) is 66.4 Å². The van der Waals surface area contributed by atoms with E-state index in [1.165, 1.54) is 0 Å². The summed E-state index contributed by atoms with van der Waals surface area (Å²) in [5.74, 6) is 0. The molecular formula is C40H34N2O4S2. The van der Waals surface area contributed by atoms with Gasteiger partial charge in [0.25, 0.3) is 0 Å². The maximum Gasteiger partial charge on any atom is 0.243 e. The Balaban J connectivity index is 1.38. The van der Waals surface area contributed by atoms with Crippen LogP contribution in [-0.2, 0) is 46.2 Å². The van der Waals surface area contributed by atoms with E-state index in [-0.39, 0.29) is 36.0 Å². The van der Waals surface area contributed by atoms with Crippen molar-refractivity contribution in [3.05, 3.63) is 155 Å². The minimum atomic E-state index is -3.85. The van der Waals surface area contributed by atoms with Crippen LogP contribution in [0.5, 0.6) is 0 Å². The van der Waals surface area contributed by atoms with E-state index in [4.69, 9.17) is 0 Å². The van der Waals surface area contributed by atoms with Crippen LogP contribution in [0.4, 0.5) is 0 Å². The van der Waals surface area contributed by atoms with E-state index in [9.17, 15) is 16.8 Å². The molecule has 0 fully saturated rings. The summed E-state index contributed by atoms with van der Waals surface area (Å²) in [5, 5.41) is 2.09. The van der Waals surface area contributed by atoms with Crippen LogP contribution >= 0.6 is 0 Å². The number of sulfonamides is 2. The molecule has 8 rings (SSSR count). The first-order valence-electron chi connectivity index (χ1n) is 16.0. The molecule has 6 aromatic carbocycles. The molecule has 0 aliphatic carbocycles. The van der Waals surface area contributed by atoms with Crippen LogP contribution in [0.3, 0.4) is 0 Å². The van der Waals surface area contributed by atoms with Crippen molar-refractivity contribution in [3.63, 3.8) is 0 Å². The van der Waals surface area contributed by atoms with E-state index < -0.39 is 20.0 Å². The third-order valence-corrected chi connectivity index (χ3v) is 13.2. The van der Waals surface area contributed by atoms with Crippen LogP contribution in [0.1, 0.15) is 33.4 Å². The van der Waals surface area contributed by atoms with Crippen molar-refractivity contribution >= 4 is 30.8 Å². The van der Waals surface area contributed by atoms with Crippen molar-refractivity contribution in [1.82, 2.24) is 8.61 Å². The molecule has 0 radical (unpaired) electrons. The molecule has 2 heterocycles. The minimum Gasteiger partial charge on any atom is -0.207 e. The number of hydrogen-bond donors (Lipinski definition) is 0. The van der Waals surface area contributed by atoms with Gasteiger partial charge in [0.1, 0.15) is 0 Å². The molecule has 0 N–H and O–H groups in total. The highest BCUT2D eigenvalue weighted by atomic mass is 32.2. The average molecular weight is 671 g/mol. The maximum absolute atomic E-state index is 14.2. The lowest BCUT2D eigenvalue weighted by Crippen LogP contribution is -2.30. The summed E-state index contributed by atoms with van der Waals surface area (Å²) in [6.45, 7) is 4.65. The van der Waals surface area contributed by atoms with Gasteiger partial charge in [-0.1, -0.05) is 108 Å². The second-order valence-electron chi connectivity index (χ2n) is 12.8. The molecule has 6 nitrogen and oxygen atoms in total. The Bertz CT molecular complexity index is 2460. The molecule has 48 heavy (non-hydrogen) atoms. The Morgan fingerprint density at radius 2 is 0.896 bits per heavy atom. The topological polar surface area (TPSA) is 74.8 Å². The quantitative estimate of drug-likeness (QED) is 0.190. The summed E-state index contributed by atoms with van der Waals surface area (Å²) < 4.78 is 59.9. The van der Waals surface area contributed by atoms with Crippen LogP contribution in [0.15, 0.2) is 131 Å². The van der Waals surface area contributed by atoms with Gasteiger partial charge in [-0.3, -0.25) is 0 Å². The SMILES string of the molecule is Cc1ccc(S(=O)(=O)N2Cc3ccccc3-c3c(ccc4c3-c3c(ccc5ccccc35)CN(S(=O)(=O)c3ccc(C)cc3)C4)C2)cc1. The molecule has 0 amide bonds. The van der Waals surface area contributed by atoms with Gasteiger partial charge in [-0.2, -0.15) is 8.61 Å². The smallest absolute Gasteiger partial charge is 0.207 e. The fraction of sp³-hybridized carbons (Fsp3) is 0.150. The van der Waals surface area contributed by atoms with Crippen LogP contribution in [-0.4, -0.2) is 25.4 Å². The van der Waals surface area contributed by atoms with E-state index in [0.29, 0.717) is 0 Å². The zero-order valence-electron chi connectivity index (χ0n) is 26.7. The molecule has 0 unspecified atom stereocenters. The van der Waals surface area contributed by atoms with Gasteiger partial charge in [-0.15, -0.1) is 0 Å². The maximum atomic E-state index is 14.2. The molecule has 240 valence electrons. The molecule has 0 aromatic heterocycles. The normalized spacial score (nSPS) is 15.1. The predicted molar refractivity (Wildman–Crippen MR) is 190 cm³/mol. The summed E-state index contributed by atoms with van der Waals surface area (Å²) in [6, 6.07) is 38.3. The number of rotatable bonds is 4. The summed E-state index contributed by atoms with van der Waals surface area (Å²) in [7, 11) is -7.67. The highest BCUT2D eigenvalue weighted by Gasteiger charge is 2.35. The fourth-order valence-corrected chi connectivity index (χ4v) is 9.91. The predicted octanol–water partition coefficient (Wildman–Crippen LogP) is 8.20. The summed E-state index contributed by atoms with van der Waals surface area (Å²) in [6.07, 6.45) is 0. The largest absolute Gasteiger partial charge is 0.243 e. The highest BCUT2D eigenvalue weighted by Crippen LogP contribution is 2.48. The molecule has 8 heteroatoms. The zero-order chi connectivity index (χ0) is 33.2. The average Bonchev–Trinajstić information content (AvgIpc) is 3.37. The molecular weight excluding hydrogens is 637 g/mol. The number of aryl methyl sites for hydroxylation is 2. The lowest BCUT2D eigenvalue weighted by atomic mass is 9.83. The van der Waals surface area contributed by atoms with Crippen LogP contribution in [0.2, 0.25) is 0 Å². The van der Waals surface area contributed by atoms with Gasteiger partial charge in [-0.25, -0.2) is 16.8 Å². The lowest BCUT2D eigenvalue weighted by Gasteiger charge is -2.23. The fourth-order valence-electron chi connectivity index (χ4n) is 7.12. The summed E-state index contributed by atoms with van der Waals surface area (Å²) >= 11 is 0. The molecule has 0 saturated heterocycles. The Labute approximate surface area is 282 Å².